The fourth-order valence-electron chi connectivity index (χ4n) is 2.83. The van der Waals surface area contributed by atoms with Gasteiger partial charge in [-0.25, -0.2) is 0 Å². The molecule has 0 aromatic heterocycles. The van der Waals surface area contributed by atoms with Crippen LogP contribution < -0.4 is 25.4 Å². The second-order valence-corrected chi connectivity index (χ2v) is 6.95. The van der Waals surface area contributed by atoms with Gasteiger partial charge in [0.15, 0.2) is 17.5 Å². The summed E-state index contributed by atoms with van der Waals surface area (Å²) in [6.07, 6.45) is 0.909. The van der Waals surface area contributed by atoms with Crippen LogP contribution in [0.5, 0.6) is 11.5 Å². The monoisotopic (exact) mass is 524 g/mol. The quantitative estimate of drug-likeness (QED) is 0.294. The largest absolute Gasteiger partial charge is 0.454 e. The number of carbonyl (C=O) groups is 1. The highest BCUT2D eigenvalue weighted by molar-refractivity contribution is 14.0. The predicted molar refractivity (Wildman–Crippen MR) is 129 cm³/mol. The minimum absolute atomic E-state index is 0. The Balaban J connectivity index is 0.00000320. The zero-order chi connectivity index (χ0) is 20.6. The highest BCUT2D eigenvalue weighted by Crippen LogP contribution is 2.32. The van der Waals surface area contributed by atoms with E-state index < -0.39 is 0 Å². The molecule has 1 aliphatic rings. The van der Waals surface area contributed by atoms with Crippen molar-refractivity contribution in [3.63, 3.8) is 0 Å². The van der Waals surface area contributed by atoms with Gasteiger partial charge in [-0.3, -0.25) is 9.79 Å². The van der Waals surface area contributed by atoms with E-state index in [1.165, 1.54) is 0 Å². The molecule has 0 fully saturated rings. The number of hydrogen-bond acceptors (Lipinski definition) is 4. The van der Waals surface area contributed by atoms with Gasteiger partial charge in [0.25, 0.3) is 5.91 Å². The van der Waals surface area contributed by atoms with Gasteiger partial charge in [0, 0.05) is 31.7 Å². The van der Waals surface area contributed by atoms with E-state index in [9.17, 15) is 4.79 Å². The maximum absolute atomic E-state index is 12.2. The van der Waals surface area contributed by atoms with E-state index in [4.69, 9.17) is 9.47 Å². The molecule has 0 saturated heterocycles. The molecule has 1 unspecified atom stereocenters. The highest BCUT2D eigenvalue weighted by Gasteiger charge is 2.13. The minimum Gasteiger partial charge on any atom is -0.454 e. The standard InChI is InChI=1S/C22H28N4O3.HI/c1-4-15(2)26-21(27)18-8-5-16(6-9-18)12-24-22(23-3)25-13-17-7-10-19-20(11-17)29-14-28-19;/h5-11,15H,4,12-14H2,1-3H3,(H,26,27)(H2,23,24,25);1H. The fraction of sp³-hybridized carbons (Fsp3) is 0.364. The molecule has 0 saturated carbocycles. The van der Waals surface area contributed by atoms with Crippen LogP contribution in [0.4, 0.5) is 0 Å². The summed E-state index contributed by atoms with van der Waals surface area (Å²) >= 11 is 0. The normalized spacial score (nSPS) is 13.2. The van der Waals surface area contributed by atoms with Gasteiger partial charge in [-0.2, -0.15) is 0 Å². The number of ether oxygens (including phenoxy) is 2. The SMILES string of the molecule is CCC(C)NC(=O)c1ccc(CNC(=NC)NCc2ccc3c(c2)OCO3)cc1.I. The molecule has 2 aromatic rings. The van der Waals surface area contributed by atoms with Crippen molar-refractivity contribution >= 4 is 35.8 Å². The zero-order valence-electron chi connectivity index (χ0n) is 17.5. The number of nitrogens with one attached hydrogen (secondary N) is 3. The van der Waals surface area contributed by atoms with Crippen molar-refractivity contribution in [3.8, 4) is 11.5 Å². The lowest BCUT2D eigenvalue weighted by Crippen LogP contribution is -2.36. The first-order chi connectivity index (χ1) is 14.1. The summed E-state index contributed by atoms with van der Waals surface area (Å²) in [5.41, 5.74) is 2.81. The summed E-state index contributed by atoms with van der Waals surface area (Å²) in [5, 5.41) is 9.54. The molecular weight excluding hydrogens is 495 g/mol. The Kier molecular flexibility index (Phi) is 9.22. The molecule has 30 heavy (non-hydrogen) atoms. The molecule has 162 valence electrons. The number of aliphatic imine (C=N–C) groups is 1. The molecule has 0 radical (unpaired) electrons. The second-order valence-electron chi connectivity index (χ2n) is 6.95. The van der Waals surface area contributed by atoms with Gasteiger partial charge in [-0.1, -0.05) is 25.1 Å². The molecular formula is C22H29IN4O3. The summed E-state index contributed by atoms with van der Waals surface area (Å²) in [7, 11) is 1.73. The van der Waals surface area contributed by atoms with Crippen LogP contribution >= 0.6 is 24.0 Å². The lowest BCUT2D eigenvalue weighted by atomic mass is 10.1. The van der Waals surface area contributed by atoms with Crippen LogP contribution in [-0.2, 0) is 13.1 Å². The van der Waals surface area contributed by atoms with Gasteiger partial charge in [0.05, 0.1) is 0 Å². The van der Waals surface area contributed by atoms with Crippen molar-refractivity contribution in [2.45, 2.75) is 39.4 Å². The first-order valence-electron chi connectivity index (χ1n) is 9.82. The minimum atomic E-state index is -0.0416. The van der Waals surface area contributed by atoms with Crippen molar-refractivity contribution in [1.82, 2.24) is 16.0 Å². The van der Waals surface area contributed by atoms with Crippen LogP contribution in [0.25, 0.3) is 0 Å². The van der Waals surface area contributed by atoms with Gasteiger partial charge in [0.2, 0.25) is 6.79 Å². The maximum atomic E-state index is 12.2. The van der Waals surface area contributed by atoms with E-state index in [-0.39, 0.29) is 42.7 Å². The molecule has 1 amide bonds. The first kappa shape index (κ1) is 23.8. The van der Waals surface area contributed by atoms with Gasteiger partial charge in [-0.05, 0) is 48.7 Å². The number of rotatable bonds is 7. The predicted octanol–water partition coefficient (Wildman–Crippen LogP) is 3.43. The Morgan fingerprint density at radius 2 is 1.67 bits per heavy atom. The molecule has 8 heteroatoms. The van der Waals surface area contributed by atoms with E-state index in [1.807, 2.05) is 56.3 Å². The maximum Gasteiger partial charge on any atom is 0.251 e. The highest BCUT2D eigenvalue weighted by atomic mass is 127. The van der Waals surface area contributed by atoms with E-state index in [2.05, 4.69) is 20.9 Å². The summed E-state index contributed by atoms with van der Waals surface area (Å²) in [5.74, 6) is 2.20. The van der Waals surface area contributed by atoms with Crippen LogP contribution in [0.15, 0.2) is 47.5 Å². The van der Waals surface area contributed by atoms with Gasteiger partial charge < -0.3 is 25.4 Å². The lowest BCUT2D eigenvalue weighted by Gasteiger charge is -2.13. The Morgan fingerprint density at radius 1 is 1.03 bits per heavy atom. The van der Waals surface area contributed by atoms with Crippen molar-refractivity contribution in [1.29, 1.82) is 0 Å². The Labute approximate surface area is 194 Å². The number of hydrogen-bond donors (Lipinski definition) is 3. The van der Waals surface area contributed by atoms with Gasteiger partial charge in [-0.15, -0.1) is 24.0 Å². The molecule has 3 N–H and O–H groups in total. The van der Waals surface area contributed by atoms with Crippen LogP contribution in [0, 0.1) is 0 Å². The van der Waals surface area contributed by atoms with Crippen LogP contribution in [0.3, 0.4) is 0 Å². The number of amides is 1. The second kappa shape index (κ2) is 11.6. The number of carbonyl (C=O) groups excluding carboxylic acids is 1. The fourth-order valence-corrected chi connectivity index (χ4v) is 2.83. The van der Waals surface area contributed by atoms with E-state index in [0.717, 1.165) is 29.0 Å². The number of halogens is 1. The molecule has 7 nitrogen and oxygen atoms in total. The molecule has 0 bridgehead atoms. The average Bonchev–Trinajstić information content (AvgIpc) is 3.22. The summed E-state index contributed by atoms with van der Waals surface area (Å²) in [4.78, 5) is 16.4. The van der Waals surface area contributed by atoms with E-state index in [0.29, 0.717) is 24.6 Å². The Bertz CT molecular complexity index is 871. The average molecular weight is 524 g/mol. The molecule has 1 aliphatic heterocycles. The zero-order valence-corrected chi connectivity index (χ0v) is 19.9. The summed E-state index contributed by atoms with van der Waals surface area (Å²) in [6, 6.07) is 13.6. The van der Waals surface area contributed by atoms with Gasteiger partial charge >= 0.3 is 0 Å². The number of fused-ring (bicyclic) bond motifs is 1. The number of benzene rings is 2. The molecule has 1 atom stereocenters. The van der Waals surface area contributed by atoms with E-state index >= 15 is 0 Å². The number of nitrogens with zero attached hydrogens (tertiary/aromatic N) is 1. The van der Waals surface area contributed by atoms with Crippen LogP contribution in [0.2, 0.25) is 0 Å². The van der Waals surface area contributed by atoms with Crippen molar-refractivity contribution in [2.75, 3.05) is 13.8 Å². The summed E-state index contributed by atoms with van der Waals surface area (Å²) in [6.45, 7) is 5.54. The third kappa shape index (κ3) is 6.51. The first-order valence-corrected chi connectivity index (χ1v) is 9.82. The molecule has 1 heterocycles. The number of guanidine groups is 1. The Hall–Kier alpha value is -2.49. The smallest absolute Gasteiger partial charge is 0.251 e. The van der Waals surface area contributed by atoms with E-state index in [1.54, 1.807) is 7.05 Å². The molecule has 0 aliphatic carbocycles. The third-order valence-electron chi connectivity index (χ3n) is 4.79. The summed E-state index contributed by atoms with van der Waals surface area (Å²) < 4.78 is 10.7. The topological polar surface area (TPSA) is 84.0 Å². The third-order valence-corrected chi connectivity index (χ3v) is 4.79. The Morgan fingerprint density at radius 3 is 2.33 bits per heavy atom. The van der Waals surface area contributed by atoms with Crippen molar-refractivity contribution < 1.29 is 14.3 Å². The van der Waals surface area contributed by atoms with Crippen molar-refractivity contribution in [3.05, 3.63) is 59.2 Å². The van der Waals surface area contributed by atoms with Crippen LogP contribution in [0.1, 0.15) is 41.8 Å². The van der Waals surface area contributed by atoms with Crippen LogP contribution in [-0.4, -0.2) is 31.7 Å². The molecule has 3 rings (SSSR count). The van der Waals surface area contributed by atoms with Gasteiger partial charge in [0.1, 0.15) is 0 Å². The molecule has 2 aromatic carbocycles. The van der Waals surface area contributed by atoms with Crippen molar-refractivity contribution in [2.24, 2.45) is 4.99 Å². The molecule has 0 spiro atoms. The lowest BCUT2D eigenvalue weighted by molar-refractivity contribution is 0.0939.